The maximum atomic E-state index is 12.5. The summed E-state index contributed by atoms with van der Waals surface area (Å²) in [6.07, 6.45) is -0.177. The van der Waals surface area contributed by atoms with E-state index >= 15 is 0 Å². The molecule has 6 heteroatoms. The number of Topliss-reactive ketones (excluding diaryl/α,β-unsaturated/α-hetero) is 1. The molecule has 1 aliphatic heterocycles. The molecule has 0 fully saturated rings. The largest absolute Gasteiger partial charge is 0.484 e. The molecule has 1 atom stereocenters. The summed E-state index contributed by atoms with van der Waals surface area (Å²) in [4.78, 5) is 12.5. The van der Waals surface area contributed by atoms with Gasteiger partial charge in [0.05, 0.1) is 12.0 Å². The third-order valence-corrected chi connectivity index (χ3v) is 3.84. The molecule has 0 aliphatic carbocycles. The van der Waals surface area contributed by atoms with E-state index < -0.39 is 6.10 Å². The topological polar surface area (TPSA) is 63.2 Å². The molecule has 0 amide bonds. The summed E-state index contributed by atoms with van der Waals surface area (Å²) < 4.78 is 26.9. The second kappa shape index (κ2) is 8.00. The monoisotopic (exact) mass is 344 g/mol. The second-order valence-corrected chi connectivity index (χ2v) is 5.53. The summed E-state index contributed by atoms with van der Waals surface area (Å²) in [5, 5.41) is 0. The molecule has 6 nitrogen and oxygen atoms in total. The van der Waals surface area contributed by atoms with Crippen molar-refractivity contribution in [1.82, 2.24) is 0 Å². The molecule has 0 aromatic heterocycles. The van der Waals surface area contributed by atoms with Crippen LogP contribution < -0.4 is 14.2 Å². The fourth-order valence-electron chi connectivity index (χ4n) is 2.69. The van der Waals surface area contributed by atoms with Crippen molar-refractivity contribution in [3.63, 3.8) is 0 Å². The molecule has 1 heterocycles. The van der Waals surface area contributed by atoms with Crippen molar-refractivity contribution in [2.24, 2.45) is 0 Å². The first-order valence-electron chi connectivity index (χ1n) is 7.89. The zero-order valence-electron chi connectivity index (χ0n) is 14.2. The highest BCUT2D eigenvalue weighted by Crippen LogP contribution is 2.39. The molecule has 0 N–H and O–H groups in total. The number of ether oxygens (including phenoxy) is 5. The van der Waals surface area contributed by atoms with Crippen LogP contribution in [0, 0.1) is 0 Å². The number of rotatable bonds is 7. The number of hydrogen-bond acceptors (Lipinski definition) is 6. The van der Waals surface area contributed by atoms with Crippen molar-refractivity contribution in [2.75, 3.05) is 27.8 Å². The van der Waals surface area contributed by atoms with E-state index in [0.717, 1.165) is 5.56 Å². The van der Waals surface area contributed by atoms with E-state index in [2.05, 4.69) is 0 Å². The lowest BCUT2D eigenvalue weighted by Crippen LogP contribution is -2.21. The highest BCUT2D eigenvalue weighted by molar-refractivity contribution is 6.00. The first-order chi connectivity index (χ1) is 12.2. The lowest BCUT2D eigenvalue weighted by molar-refractivity contribution is 0.0476. The Balaban J connectivity index is 1.86. The van der Waals surface area contributed by atoms with Crippen molar-refractivity contribution in [3.05, 3.63) is 53.6 Å². The second-order valence-electron chi connectivity index (χ2n) is 5.53. The average molecular weight is 344 g/mol. The van der Waals surface area contributed by atoms with Crippen molar-refractivity contribution in [3.8, 4) is 17.2 Å². The van der Waals surface area contributed by atoms with Gasteiger partial charge in [0.1, 0.15) is 23.4 Å². The quantitative estimate of drug-likeness (QED) is 0.718. The Kier molecular flexibility index (Phi) is 5.53. The van der Waals surface area contributed by atoms with Gasteiger partial charge in [0.2, 0.25) is 0 Å². The molecule has 2 aromatic rings. The molecule has 132 valence electrons. The number of carbonyl (C=O) groups excluding carboxylic acids is 1. The van der Waals surface area contributed by atoms with E-state index in [9.17, 15) is 4.79 Å². The van der Waals surface area contributed by atoms with Crippen molar-refractivity contribution < 1.29 is 28.5 Å². The number of methoxy groups -OCH3 is 2. The summed E-state index contributed by atoms with van der Waals surface area (Å²) in [6, 6.07) is 12.6. The number of carbonyl (C=O) groups is 1. The fraction of sp³-hybridized carbons (Fsp3) is 0.316. The third-order valence-electron chi connectivity index (χ3n) is 3.84. The van der Waals surface area contributed by atoms with E-state index in [4.69, 9.17) is 23.7 Å². The number of benzene rings is 2. The zero-order valence-corrected chi connectivity index (χ0v) is 14.2. The number of hydrogen-bond donors (Lipinski definition) is 0. The number of fused-ring (bicyclic) bond motifs is 1. The van der Waals surface area contributed by atoms with Crippen LogP contribution in [0.15, 0.2) is 42.5 Å². The lowest BCUT2D eigenvalue weighted by Gasteiger charge is -2.27. The van der Waals surface area contributed by atoms with Crippen molar-refractivity contribution in [1.29, 1.82) is 0 Å². The van der Waals surface area contributed by atoms with Gasteiger partial charge >= 0.3 is 0 Å². The standard InChI is InChI=1S/C19H20O6/c1-21-11-23-13-7-8-14-16(20)10-19(25-18(14)9-13)15-5-3-4-6-17(15)24-12-22-2/h3-9,19H,10-12H2,1-2H3. The molecule has 0 saturated heterocycles. The Hall–Kier alpha value is -2.57. The van der Waals surface area contributed by atoms with Crippen LogP contribution in [0.2, 0.25) is 0 Å². The maximum absolute atomic E-state index is 12.5. The summed E-state index contributed by atoms with van der Waals surface area (Å²) in [5.74, 6) is 1.73. The van der Waals surface area contributed by atoms with Gasteiger partial charge in [0.15, 0.2) is 19.4 Å². The predicted octanol–water partition coefficient (Wildman–Crippen LogP) is 3.36. The predicted molar refractivity (Wildman–Crippen MR) is 90.2 cm³/mol. The molecule has 1 aliphatic rings. The van der Waals surface area contributed by atoms with Crippen LogP contribution in [0.3, 0.4) is 0 Å². The Bertz CT molecular complexity index is 742. The molecule has 1 unspecified atom stereocenters. The molecule has 0 saturated carbocycles. The smallest absolute Gasteiger partial charge is 0.188 e. The minimum Gasteiger partial charge on any atom is -0.484 e. The summed E-state index contributed by atoms with van der Waals surface area (Å²) >= 11 is 0. The van der Waals surface area contributed by atoms with E-state index in [1.54, 1.807) is 32.4 Å². The molecular weight excluding hydrogens is 324 g/mol. The van der Waals surface area contributed by atoms with Gasteiger partial charge in [-0.25, -0.2) is 0 Å². The van der Waals surface area contributed by atoms with Gasteiger partial charge in [-0.2, -0.15) is 0 Å². The Morgan fingerprint density at radius 1 is 1.04 bits per heavy atom. The minimum atomic E-state index is -0.425. The first-order valence-corrected chi connectivity index (χ1v) is 7.89. The van der Waals surface area contributed by atoms with Gasteiger partial charge in [0.25, 0.3) is 0 Å². The van der Waals surface area contributed by atoms with E-state index in [1.807, 2.05) is 24.3 Å². The highest BCUT2D eigenvalue weighted by Gasteiger charge is 2.29. The van der Waals surface area contributed by atoms with Gasteiger partial charge < -0.3 is 23.7 Å². The van der Waals surface area contributed by atoms with E-state index in [1.165, 1.54) is 0 Å². The van der Waals surface area contributed by atoms with Gasteiger partial charge in [0, 0.05) is 25.8 Å². The van der Waals surface area contributed by atoms with Gasteiger partial charge in [-0.05, 0) is 18.2 Å². The minimum absolute atomic E-state index is 0.0195. The van der Waals surface area contributed by atoms with E-state index in [0.29, 0.717) is 22.8 Å². The van der Waals surface area contributed by atoms with Crippen LogP contribution in [-0.2, 0) is 9.47 Å². The van der Waals surface area contributed by atoms with Gasteiger partial charge in [-0.3, -0.25) is 4.79 Å². The summed E-state index contributed by atoms with van der Waals surface area (Å²) in [5.41, 5.74) is 1.36. The molecular formula is C19H20O6. The molecule has 3 rings (SSSR count). The Morgan fingerprint density at radius 3 is 2.60 bits per heavy atom. The third kappa shape index (κ3) is 3.92. The van der Waals surface area contributed by atoms with Crippen LogP contribution in [0.4, 0.5) is 0 Å². The molecule has 0 spiro atoms. The number of para-hydroxylation sites is 1. The molecule has 25 heavy (non-hydrogen) atoms. The lowest BCUT2D eigenvalue weighted by atomic mass is 9.95. The molecule has 0 radical (unpaired) electrons. The van der Waals surface area contributed by atoms with Crippen LogP contribution in [0.5, 0.6) is 17.2 Å². The van der Waals surface area contributed by atoms with E-state index in [-0.39, 0.29) is 25.8 Å². The average Bonchev–Trinajstić information content (AvgIpc) is 2.64. The summed E-state index contributed by atoms with van der Waals surface area (Å²) in [7, 11) is 3.10. The number of ketones is 1. The highest BCUT2D eigenvalue weighted by atomic mass is 16.7. The Labute approximate surface area is 146 Å². The summed E-state index contributed by atoms with van der Waals surface area (Å²) in [6.45, 7) is 0.257. The van der Waals surface area contributed by atoms with Crippen LogP contribution in [0.1, 0.15) is 28.4 Å². The Morgan fingerprint density at radius 2 is 1.80 bits per heavy atom. The van der Waals surface area contributed by atoms with Crippen molar-refractivity contribution >= 4 is 5.78 Å². The normalized spacial score (nSPS) is 16.1. The first kappa shape index (κ1) is 17.3. The van der Waals surface area contributed by atoms with Gasteiger partial charge in [-0.1, -0.05) is 18.2 Å². The maximum Gasteiger partial charge on any atom is 0.188 e. The fourth-order valence-corrected chi connectivity index (χ4v) is 2.69. The van der Waals surface area contributed by atoms with Crippen LogP contribution in [0.25, 0.3) is 0 Å². The van der Waals surface area contributed by atoms with Crippen LogP contribution in [-0.4, -0.2) is 33.6 Å². The van der Waals surface area contributed by atoms with Crippen LogP contribution >= 0.6 is 0 Å². The zero-order chi connectivity index (χ0) is 17.6. The molecule has 0 bridgehead atoms. The SMILES string of the molecule is COCOc1ccc2c(c1)OC(c1ccccc1OCOC)CC2=O. The van der Waals surface area contributed by atoms with Crippen molar-refractivity contribution in [2.45, 2.75) is 12.5 Å². The molecule has 2 aromatic carbocycles. The van der Waals surface area contributed by atoms with Gasteiger partial charge in [-0.15, -0.1) is 0 Å².